The van der Waals surface area contributed by atoms with Crippen molar-refractivity contribution in [3.63, 3.8) is 0 Å². The van der Waals surface area contributed by atoms with E-state index < -0.39 is 33.9 Å². The topological polar surface area (TPSA) is 123 Å². The highest BCUT2D eigenvalue weighted by Gasteiger charge is 2.29. The molecule has 1 aromatic heterocycles. The number of carbonyl (C=O) groups is 2. The molecule has 10 nitrogen and oxygen atoms in total. The lowest BCUT2D eigenvalue weighted by molar-refractivity contribution is 0.0494. The van der Waals surface area contributed by atoms with Crippen LogP contribution in [0.3, 0.4) is 0 Å². The molecule has 0 saturated carbocycles. The number of hydrogen-bond acceptors (Lipinski definition) is 8. The Balaban J connectivity index is 1.66. The van der Waals surface area contributed by atoms with Gasteiger partial charge in [0.15, 0.2) is 0 Å². The van der Waals surface area contributed by atoms with Crippen LogP contribution in [0.25, 0.3) is 0 Å². The molecular weight excluding hydrogens is 590 g/mol. The summed E-state index contributed by atoms with van der Waals surface area (Å²) in [5.74, 6) is 0.547. The molecule has 0 aliphatic rings. The number of rotatable bonds is 15. The third kappa shape index (κ3) is 11.9. The maximum atomic E-state index is 13.8. The normalized spacial score (nSPS) is 12.4. The zero-order valence-corrected chi connectivity index (χ0v) is 26.7. The molecule has 0 fully saturated rings. The molecule has 0 radical (unpaired) electrons. The van der Waals surface area contributed by atoms with E-state index in [0.29, 0.717) is 31.6 Å². The Kier molecular flexibility index (Phi) is 12.8. The second-order valence-corrected chi connectivity index (χ2v) is 13.9. The molecule has 1 heterocycles. The molecule has 234 valence electrons. The van der Waals surface area contributed by atoms with Crippen LogP contribution in [0.1, 0.15) is 50.5 Å². The first-order chi connectivity index (χ1) is 20.5. The first-order valence-electron chi connectivity index (χ1n) is 14.1. The molecule has 1 atom stereocenters. The average Bonchev–Trinajstić information content (AvgIpc) is 3.48. The lowest BCUT2D eigenvalue weighted by Crippen LogP contribution is -2.47. The molecule has 2 aromatic carbocycles. The summed E-state index contributed by atoms with van der Waals surface area (Å²) in [4.78, 5) is 25.8. The minimum Gasteiger partial charge on any atom is -0.497 e. The number of nitrogens with zero attached hydrogens (tertiary/aromatic N) is 1. The Morgan fingerprint density at radius 2 is 1.67 bits per heavy atom. The van der Waals surface area contributed by atoms with Crippen LogP contribution >= 0.6 is 11.3 Å². The van der Waals surface area contributed by atoms with Crippen molar-refractivity contribution in [1.82, 2.24) is 14.9 Å². The first kappa shape index (κ1) is 33.9. The van der Waals surface area contributed by atoms with Gasteiger partial charge in [0.1, 0.15) is 18.0 Å². The highest BCUT2D eigenvalue weighted by Crippen LogP contribution is 2.24. The molecule has 12 heteroatoms. The number of hydrogen-bond donors (Lipinski definition) is 2. The van der Waals surface area contributed by atoms with Crippen molar-refractivity contribution in [3.05, 3.63) is 82.6 Å². The van der Waals surface area contributed by atoms with Gasteiger partial charge in [-0.05, 0) is 81.3 Å². The summed E-state index contributed by atoms with van der Waals surface area (Å²) < 4.78 is 44.9. The molecule has 0 aliphatic heterocycles. The number of unbranched alkanes of at least 4 members (excludes halogenated alkanes) is 1. The fraction of sp³-hybridized carbons (Fsp3) is 0.419. The van der Waals surface area contributed by atoms with Gasteiger partial charge in [-0.15, -0.1) is 11.3 Å². The lowest BCUT2D eigenvalue weighted by atomic mass is 10.1. The number of methoxy groups -OCH3 is 1. The quantitative estimate of drug-likeness (QED) is 0.199. The van der Waals surface area contributed by atoms with Crippen LogP contribution < -0.4 is 15.4 Å². The summed E-state index contributed by atoms with van der Waals surface area (Å²) >= 11 is 1.46. The molecule has 0 bridgehead atoms. The summed E-state index contributed by atoms with van der Waals surface area (Å²) in [5, 5.41) is 7.49. The number of ether oxygens (including phenoxy) is 3. The lowest BCUT2D eigenvalue weighted by Gasteiger charge is -2.29. The van der Waals surface area contributed by atoms with Crippen LogP contribution in [-0.2, 0) is 32.6 Å². The Labute approximate surface area is 258 Å². The highest BCUT2D eigenvalue weighted by molar-refractivity contribution is 7.89. The SMILES string of the molecule is COc1ccc(S(=O)(=O)N(Cc2cccs2)C[C@H](CCCCNC(=O)OCc2ccccc2)NC(=O)OC(C)(C)C)cc1. The van der Waals surface area contributed by atoms with Gasteiger partial charge in [-0.1, -0.05) is 36.4 Å². The number of sulfonamides is 1. The molecular formula is C31H41N3O7S2. The minimum absolute atomic E-state index is 0.0258. The van der Waals surface area contributed by atoms with E-state index >= 15 is 0 Å². The molecule has 2 amide bonds. The number of nitrogens with one attached hydrogen (secondary N) is 2. The summed E-state index contributed by atoms with van der Waals surface area (Å²) in [6.45, 7) is 6.02. The number of amides is 2. The molecule has 3 aromatic rings. The number of alkyl carbamates (subject to hydrolysis) is 2. The van der Waals surface area contributed by atoms with E-state index in [0.717, 1.165) is 10.4 Å². The second kappa shape index (κ2) is 16.3. The van der Waals surface area contributed by atoms with Crippen LogP contribution in [0.15, 0.2) is 77.0 Å². The van der Waals surface area contributed by atoms with Crippen LogP contribution in [0.2, 0.25) is 0 Å². The van der Waals surface area contributed by atoms with Gasteiger partial charge >= 0.3 is 12.2 Å². The van der Waals surface area contributed by atoms with Gasteiger partial charge in [-0.2, -0.15) is 4.31 Å². The summed E-state index contributed by atoms with van der Waals surface area (Å²) in [6.07, 6.45) is 0.523. The van der Waals surface area contributed by atoms with E-state index in [2.05, 4.69) is 10.6 Å². The van der Waals surface area contributed by atoms with Crippen LogP contribution in [0.5, 0.6) is 5.75 Å². The standard InChI is InChI=1S/C31H41N3O7S2/c1-31(2,3)41-30(36)33-25(13-8-9-19-32-29(35)40-23-24-11-6-5-7-12-24)21-34(22-27-14-10-20-42-27)43(37,38)28-17-15-26(39-4)16-18-28/h5-7,10-12,14-18,20,25H,8-9,13,19,21-23H2,1-4H3,(H,32,35)(H,33,36)/t25-/m0/s1. The van der Waals surface area contributed by atoms with Crippen molar-refractivity contribution in [2.75, 3.05) is 20.2 Å². The number of benzene rings is 2. The zero-order valence-electron chi connectivity index (χ0n) is 25.1. The molecule has 3 rings (SSSR count). The monoisotopic (exact) mass is 631 g/mol. The van der Waals surface area contributed by atoms with Gasteiger partial charge in [0.2, 0.25) is 10.0 Å². The predicted molar refractivity (Wildman–Crippen MR) is 167 cm³/mol. The zero-order chi connectivity index (χ0) is 31.3. The molecule has 0 saturated heterocycles. The van der Waals surface area contributed by atoms with E-state index in [9.17, 15) is 18.0 Å². The van der Waals surface area contributed by atoms with E-state index in [1.807, 2.05) is 47.8 Å². The van der Waals surface area contributed by atoms with Gasteiger partial charge in [-0.3, -0.25) is 0 Å². The van der Waals surface area contributed by atoms with E-state index in [-0.39, 0.29) is 24.6 Å². The van der Waals surface area contributed by atoms with Crippen molar-refractivity contribution < 1.29 is 32.2 Å². The molecule has 2 N–H and O–H groups in total. The Hall–Kier alpha value is -3.61. The van der Waals surface area contributed by atoms with Gasteiger partial charge in [-0.25, -0.2) is 18.0 Å². The van der Waals surface area contributed by atoms with Crippen LogP contribution in [-0.4, -0.2) is 56.8 Å². The van der Waals surface area contributed by atoms with E-state index in [1.165, 1.54) is 34.9 Å². The molecule has 0 unspecified atom stereocenters. The molecule has 43 heavy (non-hydrogen) atoms. The average molecular weight is 632 g/mol. The Morgan fingerprint density at radius 1 is 0.953 bits per heavy atom. The summed E-state index contributed by atoms with van der Waals surface area (Å²) in [7, 11) is -2.41. The largest absolute Gasteiger partial charge is 0.497 e. The van der Waals surface area contributed by atoms with Crippen molar-refractivity contribution in [2.24, 2.45) is 0 Å². The predicted octanol–water partition coefficient (Wildman–Crippen LogP) is 5.94. The minimum atomic E-state index is -3.93. The molecule has 0 aliphatic carbocycles. The summed E-state index contributed by atoms with van der Waals surface area (Å²) in [6, 6.07) is 18.8. The molecule has 0 spiro atoms. The number of carbonyl (C=O) groups excluding carboxylic acids is 2. The third-order valence-electron chi connectivity index (χ3n) is 6.22. The van der Waals surface area contributed by atoms with Crippen LogP contribution in [0.4, 0.5) is 9.59 Å². The third-order valence-corrected chi connectivity index (χ3v) is 8.90. The Morgan fingerprint density at radius 3 is 2.30 bits per heavy atom. The van der Waals surface area contributed by atoms with E-state index in [1.54, 1.807) is 32.9 Å². The second-order valence-electron chi connectivity index (χ2n) is 10.9. The Bertz CT molecular complexity index is 1370. The van der Waals surface area contributed by atoms with Crippen molar-refractivity contribution in [1.29, 1.82) is 0 Å². The van der Waals surface area contributed by atoms with Crippen molar-refractivity contribution >= 4 is 33.5 Å². The number of thiophene rings is 1. The summed E-state index contributed by atoms with van der Waals surface area (Å²) in [5.41, 5.74) is 0.176. The first-order valence-corrected chi connectivity index (χ1v) is 16.4. The van der Waals surface area contributed by atoms with Gasteiger partial charge in [0.05, 0.1) is 12.0 Å². The maximum Gasteiger partial charge on any atom is 0.407 e. The fourth-order valence-corrected chi connectivity index (χ4v) is 6.39. The van der Waals surface area contributed by atoms with Crippen LogP contribution in [0, 0.1) is 0 Å². The van der Waals surface area contributed by atoms with Crippen molar-refractivity contribution in [3.8, 4) is 5.75 Å². The van der Waals surface area contributed by atoms with Crippen molar-refractivity contribution in [2.45, 2.75) is 69.7 Å². The maximum absolute atomic E-state index is 13.8. The van der Waals surface area contributed by atoms with Gasteiger partial charge in [0, 0.05) is 30.6 Å². The van der Waals surface area contributed by atoms with Gasteiger partial charge in [0.25, 0.3) is 0 Å². The van der Waals surface area contributed by atoms with E-state index in [4.69, 9.17) is 14.2 Å². The van der Waals surface area contributed by atoms with Gasteiger partial charge < -0.3 is 24.8 Å². The smallest absolute Gasteiger partial charge is 0.407 e. The fourth-order valence-electron chi connectivity index (χ4n) is 4.13. The highest BCUT2D eigenvalue weighted by atomic mass is 32.2.